The zero-order valence-electron chi connectivity index (χ0n) is 15.4. The third kappa shape index (κ3) is 5.90. The van der Waals surface area contributed by atoms with Crippen molar-refractivity contribution < 1.29 is 9.59 Å². The van der Waals surface area contributed by atoms with E-state index >= 15 is 0 Å². The lowest BCUT2D eigenvalue weighted by Crippen LogP contribution is -2.38. The minimum Gasteiger partial charge on any atom is -0.349 e. The molecule has 150 valence electrons. The van der Waals surface area contributed by atoms with Gasteiger partial charge in [-0.05, 0) is 30.3 Å². The number of anilines is 2. The Labute approximate surface area is 181 Å². The molecule has 2 aromatic heterocycles. The Morgan fingerprint density at radius 3 is 2.72 bits per heavy atom. The molecule has 0 spiro atoms. The normalized spacial score (nSPS) is 10.4. The lowest BCUT2D eigenvalue weighted by Gasteiger charge is -2.15. The SMILES string of the molecule is CN(CC(=O)NCc1ccccn1)C(=O)c1csc(Nc2ccc(Cl)c(Cl)c2)n1. The molecule has 2 N–H and O–H groups in total. The lowest BCUT2D eigenvalue weighted by molar-refractivity contribution is -0.121. The van der Waals surface area contributed by atoms with Crippen molar-refractivity contribution in [3.8, 4) is 0 Å². The minimum absolute atomic E-state index is 0.0846. The zero-order valence-corrected chi connectivity index (χ0v) is 17.7. The summed E-state index contributed by atoms with van der Waals surface area (Å²) in [6.45, 7) is 0.217. The number of carbonyl (C=O) groups is 2. The van der Waals surface area contributed by atoms with Crippen molar-refractivity contribution in [2.75, 3.05) is 18.9 Å². The molecule has 0 radical (unpaired) electrons. The molecule has 0 unspecified atom stereocenters. The molecule has 3 aromatic rings. The van der Waals surface area contributed by atoms with E-state index < -0.39 is 0 Å². The van der Waals surface area contributed by atoms with Crippen molar-refractivity contribution in [2.24, 2.45) is 0 Å². The number of rotatable bonds is 7. The maximum atomic E-state index is 12.5. The molecule has 7 nitrogen and oxygen atoms in total. The predicted molar refractivity (Wildman–Crippen MR) is 115 cm³/mol. The van der Waals surface area contributed by atoms with Crippen LogP contribution < -0.4 is 10.6 Å². The van der Waals surface area contributed by atoms with Crippen molar-refractivity contribution in [1.82, 2.24) is 20.2 Å². The number of halogens is 2. The van der Waals surface area contributed by atoms with Gasteiger partial charge in [-0.1, -0.05) is 29.3 Å². The number of aromatic nitrogens is 2. The summed E-state index contributed by atoms with van der Waals surface area (Å²) < 4.78 is 0. The van der Waals surface area contributed by atoms with Crippen LogP contribution in [-0.2, 0) is 11.3 Å². The number of nitrogens with zero attached hydrogens (tertiary/aromatic N) is 3. The van der Waals surface area contributed by atoms with Gasteiger partial charge in [-0.25, -0.2) is 4.98 Å². The van der Waals surface area contributed by atoms with Crippen molar-refractivity contribution >= 4 is 57.2 Å². The summed E-state index contributed by atoms with van der Waals surface area (Å²) >= 11 is 13.2. The summed E-state index contributed by atoms with van der Waals surface area (Å²) in [6, 6.07) is 10.6. The number of thiazole rings is 1. The van der Waals surface area contributed by atoms with Gasteiger partial charge in [0.15, 0.2) is 5.13 Å². The number of amides is 2. The van der Waals surface area contributed by atoms with E-state index in [4.69, 9.17) is 23.2 Å². The van der Waals surface area contributed by atoms with Crippen molar-refractivity contribution in [3.05, 3.63) is 69.4 Å². The number of benzene rings is 1. The van der Waals surface area contributed by atoms with Crippen molar-refractivity contribution in [1.29, 1.82) is 0 Å². The largest absolute Gasteiger partial charge is 0.349 e. The van der Waals surface area contributed by atoms with Gasteiger partial charge in [-0.2, -0.15) is 0 Å². The third-order valence-electron chi connectivity index (χ3n) is 3.81. The van der Waals surface area contributed by atoms with Crippen molar-refractivity contribution in [3.63, 3.8) is 0 Å². The highest BCUT2D eigenvalue weighted by Crippen LogP contribution is 2.28. The molecule has 2 heterocycles. The Hall–Kier alpha value is -2.68. The average Bonchev–Trinajstić information content (AvgIpc) is 3.18. The Kier molecular flexibility index (Phi) is 7.03. The molecule has 0 saturated carbocycles. The Balaban J connectivity index is 1.54. The highest BCUT2D eigenvalue weighted by Gasteiger charge is 2.18. The molecule has 0 aliphatic rings. The smallest absolute Gasteiger partial charge is 0.273 e. The molecular weight excluding hydrogens is 433 g/mol. The molecule has 1 aromatic carbocycles. The second-order valence-corrected chi connectivity index (χ2v) is 7.72. The van der Waals surface area contributed by atoms with E-state index in [2.05, 4.69) is 20.6 Å². The predicted octanol–water partition coefficient (Wildman–Crippen LogP) is 3.98. The first kappa shape index (κ1) is 21.0. The van der Waals surface area contributed by atoms with E-state index in [0.717, 1.165) is 5.69 Å². The van der Waals surface area contributed by atoms with Crippen LogP contribution >= 0.6 is 34.5 Å². The second-order valence-electron chi connectivity index (χ2n) is 6.05. The zero-order chi connectivity index (χ0) is 20.8. The average molecular weight is 450 g/mol. The number of nitrogens with one attached hydrogen (secondary N) is 2. The van der Waals surface area contributed by atoms with Gasteiger partial charge >= 0.3 is 0 Å². The molecule has 2 amide bonds. The van der Waals surface area contributed by atoms with Gasteiger partial charge in [0.1, 0.15) is 5.69 Å². The second kappa shape index (κ2) is 9.69. The summed E-state index contributed by atoms with van der Waals surface area (Å²) in [5.74, 6) is -0.632. The number of hydrogen-bond acceptors (Lipinski definition) is 6. The molecule has 0 atom stereocenters. The van der Waals surface area contributed by atoms with Gasteiger partial charge in [0.2, 0.25) is 5.91 Å². The standard InChI is InChI=1S/C19H17Cl2N5O2S/c1-26(10-17(27)23-9-13-4-2-3-7-22-13)18(28)16-11-29-19(25-16)24-12-5-6-14(20)15(21)8-12/h2-8,11H,9-10H2,1H3,(H,23,27)(H,24,25). The molecular formula is C19H17Cl2N5O2S. The van der Waals surface area contributed by atoms with E-state index in [9.17, 15) is 9.59 Å². The fourth-order valence-corrected chi connectivity index (χ4v) is 3.36. The van der Waals surface area contributed by atoms with Crippen LogP contribution in [0.25, 0.3) is 0 Å². The van der Waals surface area contributed by atoms with Gasteiger partial charge in [-0.3, -0.25) is 14.6 Å². The Bertz CT molecular complexity index is 1010. The van der Waals surface area contributed by atoms with Crippen LogP contribution in [0.5, 0.6) is 0 Å². The molecule has 10 heteroatoms. The highest BCUT2D eigenvalue weighted by atomic mass is 35.5. The van der Waals surface area contributed by atoms with Crippen LogP contribution in [0.2, 0.25) is 10.0 Å². The minimum atomic E-state index is -0.351. The monoisotopic (exact) mass is 449 g/mol. The number of pyridine rings is 1. The first-order chi connectivity index (χ1) is 13.9. The topological polar surface area (TPSA) is 87.2 Å². The number of carbonyl (C=O) groups excluding carboxylic acids is 2. The number of likely N-dealkylation sites (N-methyl/N-ethyl adjacent to an activating group) is 1. The fourth-order valence-electron chi connectivity index (χ4n) is 2.36. The first-order valence-corrected chi connectivity index (χ1v) is 10.2. The van der Waals surface area contributed by atoms with E-state index in [1.165, 1.54) is 16.2 Å². The van der Waals surface area contributed by atoms with E-state index in [1.54, 1.807) is 42.9 Å². The number of hydrogen-bond donors (Lipinski definition) is 2. The van der Waals surface area contributed by atoms with Crippen LogP contribution in [-0.4, -0.2) is 40.3 Å². The van der Waals surface area contributed by atoms with Gasteiger partial charge in [0.05, 0.1) is 28.8 Å². The van der Waals surface area contributed by atoms with Crippen LogP contribution in [0, 0.1) is 0 Å². The van der Waals surface area contributed by atoms with Crippen molar-refractivity contribution in [2.45, 2.75) is 6.54 Å². The third-order valence-corrected chi connectivity index (χ3v) is 5.31. The summed E-state index contributed by atoms with van der Waals surface area (Å²) in [5, 5.41) is 8.84. The van der Waals surface area contributed by atoms with Crippen LogP contribution in [0.3, 0.4) is 0 Å². The molecule has 0 fully saturated rings. The fraction of sp³-hybridized carbons (Fsp3) is 0.158. The maximum absolute atomic E-state index is 12.5. The summed E-state index contributed by atoms with van der Waals surface area (Å²) in [4.78, 5) is 34.3. The highest BCUT2D eigenvalue weighted by molar-refractivity contribution is 7.14. The first-order valence-electron chi connectivity index (χ1n) is 8.52. The lowest BCUT2D eigenvalue weighted by atomic mass is 10.3. The Morgan fingerprint density at radius 2 is 2.00 bits per heavy atom. The van der Waals surface area contributed by atoms with Crippen LogP contribution in [0.1, 0.15) is 16.2 Å². The van der Waals surface area contributed by atoms with Gasteiger partial charge in [0, 0.05) is 24.3 Å². The van der Waals surface area contributed by atoms with Gasteiger partial charge in [0.25, 0.3) is 5.91 Å². The van der Waals surface area contributed by atoms with Crippen LogP contribution in [0.4, 0.5) is 10.8 Å². The molecule has 0 bridgehead atoms. The summed E-state index contributed by atoms with van der Waals surface area (Å²) in [7, 11) is 1.55. The maximum Gasteiger partial charge on any atom is 0.273 e. The molecule has 29 heavy (non-hydrogen) atoms. The Morgan fingerprint density at radius 1 is 1.17 bits per heavy atom. The quantitative estimate of drug-likeness (QED) is 0.569. The summed E-state index contributed by atoms with van der Waals surface area (Å²) in [5.41, 5.74) is 1.69. The van der Waals surface area contributed by atoms with E-state index in [0.29, 0.717) is 27.4 Å². The van der Waals surface area contributed by atoms with E-state index in [1.807, 2.05) is 12.1 Å². The molecule has 0 aliphatic heterocycles. The molecule has 0 aliphatic carbocycles. The van der Waals surface area contributed by atoms with Gasteiger partial charge in [-0.15, -0.1) is 11.3 Å². The molecule has 3 rings (SSSR count). The van der Waals surface area contributed by atoms with Gasteiger partial charge < -0.3 is 15.5 Å². The van der Waals surface area contributed by atoms with Crippen LogP contribution in [0.15, 0.2) is 48.0 Å². The summed E-state index contributed by atoms with van der Waals surface area (Å²) in [6.07, 6.45) is 1.66. The molecule has 0 saturated heterocycles. The van der Waals surface area contributed by atoms with E-state index in [-0.39, 0.29) is 24.1 Å².